The SMILES string of the molecule is C=CC(=O)N1CCN(c2nc(=O)n(-c3c(SC)ccnc3C(C)C)c3nc(-c4c(N)ccc(F)c4F)c(Cl)cc23)[C@@H](C)C1. The van der Waals surface area contributed by atoms with Gasteiger partial charge in [-0.2, -0.15) is 4.98 Å². The molecular weight excluding hydrogens is 596 g/mol. The van der Waals surface area contributed by atoms with E-state index in [4.69, 9.17) is 22.3 Å². The third-order valence-electron chi connectivity index (χ3n) is 7.46. The van der Waals surface area contributed by atoms with E-state index in [2.05, 4.69) is 16.5 Å². The average molecular weight is 626 g/mol. The van der Waals surface area contributed by atoms with Crippen LogP contribution in [0.15, 0.2) is 52.8 Å². The molecule has 1 fully saturated rings. The zero-order valence-corrected chi connectivity index (χ0v) is 25.6. The van der Waals surface area contributed by atoms with E-state index in [1.54, 1.807) is 23.2 Å². The molecule has 0 unspecified atom stereocenters. The fourth-order valence-electron chi connectivity index (χ4n) is 5.37. The third-order valence-corrected chi connectivity index (χ3v) is 8.51. The maximum atomic E-state index is 15.2. The van der Waals surface area contributed by atoms with Crippen LogP contribution < -0.4 is 16.3 Å². The van der Waals surface area contributed by atoms with Gasteiger partial charge in [0, 0.05) is 42.5 Å². The number of halogens is 3. The van der Waals surface area contributed by atoms with Gasteiger partial charge >= 0.3 is 5.69 Å². The van der Waals surface area contributed by atoms with E-state index in [0.717, 1.165) is 11.0 Å². The number of rotatable bonds is 6. The van der Waals surface area contributed by atoms with Crippen molar-refractivity contribution in [2.75, 3.05) is 36.5 Å². The van der Waals surface area contributed by atoms with Crippen molar-refractivity contribution < 1.29 is 13.6 Å². The Balaban J connectivity index is 1.86. The Morgan fingerprint density at radius 3 is 2.63 bits per heavy atom. The predicted octanol–water partition coefficient (Wildman–Crippen LogP) is 5.42. The summed E-state index contributed by atoms with van der Waals surface area (Å²) < 4.78 is 30.9. The maximum absolute atomic E-state index is 15.2. The molecule has 0 saturated carbocycles. The standard InChI is InChI=1S/C30H30ClF2N7O2S/c1-6-22(41)38-11-12-39(16(4)14-38)28-17-13-18(31)26(23-20(34)8-7-19(32)24(23)33)36-29(17)40(30(42)37-28)27-21(43-5)9-10-35-25(27)15(2)3/h6-10,13,15-16H,1,11-12,14,34H2,2-5H3/t16-/m0/s1. The summed E-state index contributed by atoms with van der Waals surface area (Å²) in [7, 11) is 0. The van der Waals surface area contributed by atoms with E-state index in [0.29, 0.717) is 42.2 Å². The van der Waals surface area contributed by atoms with Crippen molar-refractivity contribution in [3.8, 4) is 16.9 Å². The first-order valence-corrected chi connectivity index (χ1v) is 15.2. The summed E-state index contributed by atoms with van der Waals surface area (Å²) in [6.45, 7) is 10.5. The third kappa shape index (κ3) is 5.33. The lowest BCUT2D eigenvalue weighted by Crippen LogP contribution is -2.54. The zero-order chi connectivity index (χ0) is 31.2. The first-order chi connectivity index (χ1) is 20.5. The van der Waals surface area contributed by atoms with Crippen molar-refractivity contribution in [2.24, 2.45) is 0 Å². The molecule has 1 saturated heterocycles. The fourth-order valence-corrected chi connectivity index (χ4v) is 6.20. The number of piperazine rings is 1. The number of benzene rings is 1. The number of aromatic nitrogens is 4. The molecule has 0 radical (unpaired) electrons. The number of carbonyl (C=O) groups excluding carboxylic acids is 1. The minimum atomic E-state index is -1.21. The highest BCUT2D eigenvalue weighted by Gasteiger charge is 2.31. The van der Waals surface area contributed by atoms with E-state index in [9.17, 15) is 14.0 Å². The molecule has 1 aliphatic heterocycles. The monoisotopic (exact) mass is 625 g/mol. The van der Waals surface area contributed by atoms with Crippen molar-refractivity contribution in [2.45, 2.75) is 37.6 Å². The molecule has 4 aromatic rings. The van der Waals surface area contributed by atoms with Crippen molar-refractivity contribution in [3.63, 3.8) is 0 Å². The van der Waals surface area contributed by atoms with Gasteiger partial charge in [-0.25, -0.2) is 23.1 Å². The smallest absolute Gasteiger partial charge is 0.355 e. The number of thioether (sulfide) groups is 1. The molecule has 4 heterocycles. The molecule has 43 heavy (non-hydrogen) atoms. The Bertz CT molecular complexity index is 1830. The highest BCUT2D eigenvalue weighted by molar-refractivity contribution is 7.98. The summed E-state index contributed by atoms with van der Waals surface area (Å²) in [6, 6.07) is 5.26. The van der Waals surface area contributed by atoms with Gasteiger partial charge in [0.1, 0.15) is 5.82 Å². The van der Waals surface area contributed by atoms with Gasteiger partial charge in [-0.3, -0.25) is 9.78 Å². The Morgan fingerprint density at radius 2 is 1.98 bits per heavy atom. The van der Waals surface area contributed by atoms with Gasteiger partial charge < -0.3 is 15.5 Å². The summed E-state index contributed by atoms with van der Waals surface area (Å²) in [5.74, 6) is -2.28. The van der Waals surface area contributed by atoms with Crippen molar-refractivity contribution in [1.82, 2.24) is 24.4 Å². The zero-order valence-electron chi connectivity index (χ0n) is 24.1. The topological polar surface area (TPSA) is 110 Å². The highest BCUT2D eigenvalue weighted by Crippen LogP contribution is 2.39. The van der Waals surface area contributed by atoms with Gasteiger partial charge in [0.2, 0.25) is 5.91 Å². The normalized spacial score (nSPS) is 15.4. The van der Waals surface area contributed by atoms with Crippen LogP contribution in [0.1, 0.15) is 32.4 Å². The van der Waals surface area contributed by atoms with Crippen LogP contribution in [-0.4, -0.2) is 62.3 Å². The van der Waals surface area contributed by atoms with Crippen LogP contribution >= 0.6 is 23.4 Å². The molecule has 1 atom stereocenters. The molecule has 5 rings (SSSR count). The number of nitrogen functional groups attached to an aromatic ring is 1. The lowest BCUT2D eigenvalue weighted by molar-refractivity contribution is -0.126. The molecule has 3 aromatic heterocycles. The minimum absolute atomic E-state index is 0.00886. The summed E-state index contributed by atoms with van der Waals surface area (Å²) in [4.78, 5) is 44.5. The van der Waals surface area contributed by atoms with Gasteiger partial charge in [-0.1, -0.05) is 32.0 Å². The Morgan fingerprint density at radius 1 is 1.23 bits per heavy atom. The summed E-state index contributed by atoms with van der Waals surface area (Å²) in [5.41, 5.74) is 6.19. The number of fused-ring (bicyclic) bond motifs is 1. The van der Waals surface area contributed by atoms with Gasteiger partial charge in [0.05, 0.1) is 33.0 Å². The minimum Gasteiger partial charge on any atom is -0.398 e. The first-order valence-electron chi connectivity index (χ1n) is 13.6. The largest absolute Gasteiger partial charge is 0.398 e. The number of nitrogens with zero attached hydrogens (tertiary/aromatic N) is 6. The molecule has 1 aromatic carbocycles. The van der Waals surface area contributed by atoms with Crippen LogP contribution in [0.2, 0.25) is 5.02 Å². The Kier molecular flexibility index (Phi) is 8.44. The average Bonchev–Trinajstić information content (AvgIpc) is 2.98. The van der Waals surface area contributed by atoms with E-state index in [1.165, 1.54) is 28.5 Å². The van der Waals surface area contributed by atoms with Crippen molar-refractivity contribution in [1.29, 1.82) is 0 Å². The van der Waals surface area contributed by atoms with Crippen LogP contribution in [0.25, 0.3) is 28.0 Å². The second-order valence-corrected chi connectivity index (χ2v) is 11.8. The number of hydrogen-bond donors (Lipinski definition) is 1. The molecule has 0 bridgehead atoms. The van der Waals surface area contributed by atoms with E-state index in [-0.39, 0.29) is 45.5 Å². The van der Waals surface area contributed by atoms with Crippen LogP contribution in [0.5, 0.6) is 0 Å². The molecule has 1 aliphatic rings. The number of hydrogen-bond acceptors (Lipinski definition) is 8. The fraction of sp³-hybridized carbons (Fsp3) is 0.300. The molecule has 13 heteroatoms. The number of nitrogens with two attached hydrogens (primary N) is 1. The lowest BCUT2D eigenvalue weighted by atomic mass is 10.1. The Labute approximate surface area is 256 Å². The number of amides is 1. The summed E-state index contributed by atoms with van der Waals surface area (Å²) in [5, 5.41) is 0.398. The Hall–Kier alpha value is -4.03. The quantitative estimate of drug-likeness (QED) is 0.172. The van der Waals surface area contributed by atoms with Crippen molar-refractivity contribution >= 4 is 51.8 Å². The highest BCUT2D eigenvalue weighted by atomic mass is 35.5. The molecule has 1 amide bonds. The molecule has 2 N–H and O–H groups in total. The van der Waals surface area contributed by atoms with Crippen LogP contribution in [0, 0.1) is 11.6 Å². The van der Waals surface area contributed by atoms with E-state index < -0.39 is 17.3 Å². The second kappa shape index (κ2) is 11.9. The van der Waals surface area contributed by atoms with Gasteiger partial charge in [0.15, 0.2) is 17.3 Å². The first kappa shape index (κ1) is 30.4. The van der Waals surface area contributed by atoms with E-state index >= 15 is 4.39 Å². The molecule has 0 spiro atoms. The van der Waals surface area contributed by atoms with Gasteiger partial charge in [-0.05, 0) is 49.4 Å². The lowest BCUT2D eigenvalue weighted by Gasteiger charge is -2.40. The number of carbonyl (C=O) groups is 1. The molecule has 0 aliphatic carbocycles. The van der Waals surface area contributed by atoms with E-state index in [1.807, 2.05) is 31.9 Å². The van der Waals surface area contributed by atoms with Crippen LogP contribution in [-0.2, 0) is 4.79 Å². The molecule has 9 nitrogen and oxygen atoms in total. The van der Waals surface area contributed by atoms with Crippen LogP contribution in [0.4, 0.5) is 20.3 Å². The summed E-state index contributed by atoms with van der Waals surface area (Å²) in [6.07, 6.45) is 4.81. The summed E-state index contributed by atoms with van der Waals surface area (Å²) >= 11 is 8.14. The van der Waals surface area contributed by atoms with Gasteiger partial charge in [0.25, 0.3) is 0 Å². The molecular formula is C30H30ClF2N7O2S. The van der Waals surface area contributed by atoms with Crippen molar-refractivity contribution in [3.05, 3.63) is 76.0 Å². The second-order valence-electron chi connectivity index (χ2n) is 10.5. The molecule has 224 valence electrons. The van der Waals surface area contributed by atoms with Crippen LogP contribution in [0.3, 0.4) is 0 Å². The number of anilines is 2. The van der Waals surface area contributed by atoms with Gasteiger partial charge in [-0.15, -0.1) is 11.8 Å². The predicted molar refractivity (Wildman–Crippen MR) is 167 cm³/mol. The number of pyridine rings is 2. The maximum Gasteiger partial charge on any atom is 0.355 e.